The molecule has 0 N–H and O–H groups in total. The number of carbonyl (C=O) groups is 2. The highest BCUT2D eigenvalue weighted by Crippen LogP contribution is 2.66. The van der Waals surface area contributed by atoms with Crippen LogP contribution in [0.4, 0.5) is 0 Å². The van der Waals surface area contributed by atoms with E-state index in [1.54, 1.807) is 0 Å². The van der Waals surface area contributed by atoms with Crippen molar-refractivity contribution in [3.63, 3.8) is 0 Å². The van der Waals surface area contributed by atoms with Crippen molar-refractivity contribution >= 4 is 106 Å². The monoisotopic (exact) mass is 656 g/mol. The van der Waals surface area contributed by atoms with Gasteiger partial charge in [-0.25, -0.2) is 0 Å². The molecule has 0 radical (unpaired) electrons. The zero-order valence-electron chi connectivity index (χ0n) is 20.9. The predicted molar refractivity (Wildman–Crippen MR) is 177 cm³/mol. The summed E-state index contributed by atoms with van der Waals surface area (Å²) in [5.74, 6) is 2.17. The minimum absolute atomic E-state index is 0.314. The lowest BCUT2D eigenvalue weighted by molar-refractivity contribution is -0.132. The molecule has 0 saturated heterocycles. The van der Waals surface area contributed by atoms with Gasteiger partial charge in [-0.3, -0.25) is 9.59 Å². The Morgan fingerprint density at radius 2 is 0.947 bits per heavy atom. The van der Waals surface area contributed by atoms with Gasteiger partial charge in [0.1, 0.15) is 11.5 Å². The van der Waals surface area contributed by atoms with Crippen molar-refractivity contribution in [2.24, 2.45) is 0 Å². The van der Waals surface area contributed by atoms with Gasteiger partial charge in [0.25, 0.3) is 0 Å². The van der Waals surface area contributed by atoms with Gasteiger partial charge < -0.3 is 9.47 Å². The molecule has 2 aliphatic rings. The molecule has 0 aliphatic carbocycles. The minimum atomic E-state index is -0.314. The van der Waals surface area contributed by atoms with E-state index in [1.165, 1.54) is 50.4 Å². The van der Waals surface area contributed by atoms with E-state index in [1.807, 2.05) is 143 Å². The molecule has 0 atom stereocenters. The molecule has 0 amide bonds. The quantitative estimate of drug-likeness (QED) is 0.181. The Kier molecular flexibility index (Phi) is 11.9. The first-order valence-electron chi connectivity index (χ1n) is 11.2. The van der Waals surface area contributed by atoms with Crippen LogP contribution in [0.2, 0.25) is 0 Å². The number of hydrogen-bond acceptors (Lipinski definition) is 12. The second kappa shape index (κ2) is 14.9. The smallest absolute Gasteiger partial charge is 0.308 e. The molecule has 4 nitrogen and oxygen atoms in total. The Bertz CT molecular complexity index is 1190. The van der Waals surface area contributed by atoms with Gasteiger partial charge in [-0.05, 0) is 47.9 Å². The van der Waals surface area contributed by atoms with Crippen LogP contribution in [0.25, 0.3) is 0 Å². The second-order valence-electron chi connectivity index (χ2n) is 7.59. The van der Waals surface area contributed by atoms with Gasteiger partial charge in [0.05, 0.1) is 25.4 Å². The van der Waals surface area contributed by atoms with Crippen LogP contribution >= 0.6 is 94.1 Å². The molecule has 2 heterocycles. The summed E-state index contributed by atoms with van der Waals surface area (Å²) >= 11 is 14.8. The topological polar surface area (TPSA) is 52.6 Å². The highest BCUT2D eigenvalue weighted by Gasteiger charge is 2.30. The lowest BCUT2D eigenvalue weighted by Crippen LogP contribution is -2.01. The fourth-order valence-corrected chi connectivity index (χ4v) is 14.1. The molecule has 200 valence electrons. The van der Waals surface area contributed by atoms with Crippen LogP contribution in [0.1, 0.15) is 25.0 Å². The highest BCUT2D eigenvalue weighted by atomic mass is 32.3. The first-order valence-corrected chi connectivity index (χ1v) is 18.9. The Labute approximate surface area is 257 Å². The molecule has 0 saturated carbocycles. The molecule has 4 rings (SSSR count). The molecule has 0 spiro atoms. The van der Waals surface area contributed by atoms with Crippen molar-refractivity contribution in [3.05, 3.63) is 85.1 Å². The van der Waals surface area contributed by atoms with Crippen molar-refractivity contribution in [1.29, 1.82) is 0 Å². The summed E-state index contributed by atoms with van der Waals surface area (Å²) in [5.41, 5.74) is 2.35. The number of hydrogen-bond donors (Lipinski definition) is 0. The summed E-state index contributed by atoms with van der Waals surface area (Å²) in [6.45, 7) is 2.82. The highest BCUT2D eigenvalue weighted by molar-refractivity contribution is 8.44. The van der Waals surface area contributed by atoms with Crippen molar-refractivity contribution < 1.29 is 19.1 Å². The van der Waals surface area contributed by atoms with Crippen molar-refractivity contribution in [3.8, 4) is 11.5 Å². The fraction of sp³-hybridized carbons (Fsp3) is 0.231. The molecule has 0 fully saturated rings. The third-order valence-electron chi connectivity index (χ3n) is 4.72. The summed E-state index contributed by atoms with van der Waals surface area (Å²) in [6.07, 6.45) is 4.28. The van der Waals surface area contributed by atoms with Gasteiger partial charge in [-0.15, -0.1) is 47.0 Å². The Balaban J connectivity index is 1.46. The van der Waals surface area contributed by atoms with Gasteiger partial charge in [0.2, 0.25) is 0 Å². The van der Waals surface area contributed by atoms with Gasteiger partial charge in [0.15, 0.2) is 0 Å². The average molecular weight is 657 g/mol. The third kappa shape index (κ3) is 8.70. The van der Waals surface area contributed by atoms with E-state index in [0.717, 1.165) is 11.5 Å². The predicted octanol–water partition coefficient (Wildman–Crippen LogP) is 9.77. The van der Waals surface area contributed by atoms with Crippen molar-refractivity contribution in [1.82, 2.24) is 0 Å². The van der Waals surface area contributed by atoms with Crippen LogP contribution in [-0.4, -0.2) is 24.5 Å². The SMILES string of the molecule is CSC1=C(SC)SC(=C2SC(SCc3ccc(OC(C)=O)cc3)=C(SCc3ccc(OC(C)=O)cc3)S2)S1. The first kappa shape index (κ1) is 30.4. The maximum absolute atomic E-state index is 11.2. The Hall–Kier alpha value is -0.600. The Morgan fingerprint density at radius 1 is 0.605 bits per heavy atom. The third-order valence-corrected chi connectivity index (χ3v) is 16.1. The molecular formula is C26H24O4S8. The molecule has 38 heavy (non-hydrogen) atoms. The van der Waals surface area contributed by atoms with Crippen LogP contribution in [0.5, 0.6) is 11.5 Å². The largest absolute Gasteiger partial charge is 0.427 e. The molecule has 2 aliphatic heterocycles. The number of benzene rings is 2. The lowest BCUT2D eigenvalue weighted by Gasteiger charge is -2.07. The molecule has 2 aromatic carbocycles. The van der Waals surface area contributed by atoms with Crippen LogP contribution in [0.15, 0.2) is 74.0 Å². The number of carbonyl (C=O) groups excluding carboxylic acids is 2. The summed E-state index contributed by atoms with van der Waals surface area (Å²) in [6, 6.07) is 15.4. The van der Waals surface area contributed by atoms with Crippen LogP contribution in [0, 0.1) is 0 Å². The summed E-state index contributed by atoms with van der Waals surface area (Å²) in [7, 11) is 0. The zero-order chi connectivity index (χ0) is 27.1. The van der Waals surface area contributed by atoms with Gasteiger partial charge in [0, 0.05) is 25.4 Å². The van der Waals surface area contributed by atoms with Crippen molar-refractivity contribution in [2.75, 3.05) is 12.5 Å². The van der Waals surface area contributed by atoms with Gasteiger partial charge in [-0.1, -0.05) is 71.3 Å². The molecule has 12 heteroatoms. The van der Waals surface area contributed by atoms with Crippen LogP contribution < -0.4 is 9.47 Å². The Morgan fingerprint density at radius 3 is 1.26 bits per heavy atom. The summed E-state index contributed by atoms with van der Waals surface area (Å²) < 4.78 is 18.4. The summed E-state index contributed by atoms with van der Waals surface area (Å²) in [5, 5.41) is 0. The van der Waals surface area contributed by atoms with E-state index >= 15 is 0 Å². The van der Waals surface area contributed by atoms with Crippen LogP contribution in [-0.2, 0) is 21.1 Å². The molecule has 2 aromatic rings. The lowest BCUT2D eigenvalue weighted by atomic mass is 10.2. The first-order chi connectivity index (χ1) is 18.3. The zero-order valence-corrected chi connectivity index (χ0v) is 27.5. The van der Waals surface area contributed by atoms with Crippen molar-refractivity contribution in [2.45, 2.75) is 25.4 Å². The second-order valence-corrected chi connectivity index (χ2v) is 16.8. The van der Waals surface area contributed by atoms with E-state index in [4.69, 9.17) is 9.47 Å². The molecular weight excluding hydrogens is 633 g/mol. The standard InChI is InChI=1S/C26H24O4S8/c1-15(27)29-19-9-5-17(6-10-19)13-33-23-24(34-14-18-7-11-20(12-8-18)30-16(2)28)38-26(37-23)25-35-21(31-3)22(32-4)36-25/h5-12H,13-14H2,1-4H3. The van der Waals surface area contributed by atoms with Gasteiger partial charge >= 0.3 is 11.9 Å². The average Bonchev–Trinajstić information content (AvgIpc) is 3.51. The maximum atomic E-state index is 11.2. The maximum Gasteiger partial charge on any atom is 0.308 e. The fourth-order valence-electron chi connectivity index (χ4n) is 3.08. The van der Waals surface area contributed by atoms with E-state index in [2.05, 4.69) is 12.5 Å². The number of esters is 2. The molecule has 0 aromatic heterocycles. The van der Waals surface area contributed by atoms with E-state index in [-0.39, 0.29) is 11.9 Å². The normalized spacial score (nSPS) is 15.5. The van der Waals surface area contributed by atoms with E-state index in [9.17, 15) is 9.59 Å². The molecule has 0 unspecified atom stereocenters. The molecule has 0 bridgehead atoms. The van der Waals surface area contributed by atoms with Crippen LogP contribution in [0.3, 0.4) is 0 Å². The number of rotatable bonds is 10. The number of thioether (sulfide) groups is 8. The van der Waals surface area contributed by atoms with E-state index < -0.39 is 0 Å². The summed E-state index contributed by atoms with van der Waals surface area (Å²) in [4.78, 5) is 22.4. The number of ether oxygens (including phenoxy) is 2. The van der Waals surface area contributed by atoms with Gasteiger partial charge in [-0.2, -0.15) is 0 Å². The minimum Gasteiger partial charge on any atom is -0.427 e. The van der Waals surface area contributed by atoms with E-state index in [0.29, 0.717) is 11.5 Å².